The number of nitriles is 1. The zero-order valence-electron chi connectivity index (χ0n) is 11.3. The third-order valence-electron chi connectivity index (χ3n) is 2.46. The zero-order valence-corrected chi connectivity index (χ0v) is 12.2. The first kappa shape index (κ1) is 15.8. The van der Waals surface area contributed by atoms with Crippen LogP contribution in [0.25, 0.3) is 0 Å². The number of hydrogen-bond acceptors (Lipinski definition) is 4. The summed E-state index contributed by atoms with van der Waals surface area (Å²) < 4.78 is 10.3. The van der Waals surface area contributed by atoms with Crippen molar-refractivity contribution < 1.29 is 4.52 Å². The van der Waals surface area contributed by atoms with Gasteiger partial charge in [-0.15, -0.1) is 0 Å². The molecule has 0 fully saturated rings. The summed E-state index contributed by atoms with van der Waals surface area (Å²) in [5.74, 6) is 0. The molecule has 0 atom stereocenters. The van der Waals surface area contributed by atoms with Crippen LogP contribution in [0.4, 0.5) is 0 Å². The summed E-state index contributed by atoms with van der Waals surface area (Å²) in [5.41, 5.74) is 0. The van der Waals surface area contributed by atoms with E-state index < -0.39 is 8.45 Å². The maximum atomic E-state index is 8.52. The highest BCUT2D eigenvalue weighted by Crippen LogP contribution is 2.45. The Hall–Kier alpha value is -0.200. The van der Waals surface area contributed by atoms with Crippen LogP contribution < -0.4 is 0 Å². The molecule has 0 saturated carbocycles. The van der Waals surface area contributed by atoms with Gasteiger partial charge in [0.2, 0.25) is 0 Å². The quantitative estimate of drug-likeness (QED) is 0.511. The van der Waals surface area contributed by atoms with Crippen LogP contribution >= 0.6 is 8.45 Å². The molecule has 0 unspecified atom stereocenters. The predicted molar refractivity (Wildman–Crippen MR) is 68.9 cm³/mol. The van der Waals surface area contributed by atoms with E-state index in [0.29, 0.717) is 25.1 Å². The van der Waals surface area contributed by atoms with Crippen molar-refractivity contribution in [2.24, 2.45) is 0 Å². The second kappa shape index (κ2) is 7.97. The minimum absolute atomic E-state index is 0.439. The molecule has 0 aliphatic carbocycles. The van der Waals surface area contributed by atoms with Crippen molar-refractivity contribution in [1.82, 2.24) is 9.34 Å². The second-order valence-corrected chi connectivity index (χ2v) is 6.35. The molecule has 0 radical (unpaired) electrons. The van der Waals surface area contributed by atoms with E-state index in [2.05, 4.69) is 57.2 Å². The van der Waals surface area contributed by atoms with Gasteiger partial charge in [-0.3, -0.25) is 0 Å². The number of hydrogen-bond donors (Lipinski definition) is 0. The van der Waals surface area contributed by atoms with Gasteiger partial charge < -0.3 is 4.52 Å². The molecule has 0 aliphatic heterocycles. The Labute approximate surface area is 101 Å². The molecule has 0 amide bonds. The van der Waals surface area contributed by atoms with Crippen molar-refractivity contribution in [1.29, 1.82) is 5.26 Å². The van der Waals surface area contributed by atoms with E-state index in [0.717, 1.165) is 0 Å². The Balaban J connectivity index is 4.44. The summed E-state index contributed by atoms with van der Waals surface area (Å²) in [6.45, 7) is 9.11. The predicted octanol–water partition coefficient (Wildman–Crippen LogP) is 2.82. The molecule has 0 spiro atoms. The van der Waals surface area contributed by atoms with Crippen LogP contribution in [0.1, 0.15) is 34.1 Å². The topological polar surface area (TPSA) is 39.5 Å². The molecule has 0 aromatic carbocycles. The first-order chi connectivity index (χ1) is 7.41. The molecule has 0 aliphatic rings. The summed E-state index contributed by atoms with van der Waals surface area (Å²) in [6.07, 6.45) is 0.455. The first-order valence-electron chi connectivity index (χ1n) is 5.67. The SMILES string of the molecule is CC(C)N(C)P(OCCC#N)N(C)C(C)C. The first-order valence-corrected chi connectivity index (χ1v) is 6.83. The van der Waals surface area contributed by atoms with Crippen molar-refractivity contribution in [2.45, 2.75) is 46.2 Å². The van der Waals surface area contributed by atoms with Crippen molar-refractivity contribution in [2.75, 3.05) is 20.7 Å². The second-order valence-electron chi connectivity index (χ2n) is 4.33. The van der Waals surface area contributed by atoms with Crippen molar-refractivity contribution in [3.63, 3.8) is 0 Å². The van der Waals surface area contributed by atoms with E-state index in [1.54, 1.807) is 0 Å². The van der Waals surface area contributed by atoms with Crippen LogP contribution in [0.3, 0.4) is 0 Å². The fourth-order valence-electron chi connectivity index (χ4n) is 0.973. The van der Waals surface area contributed by atoms with Gasteiger partial charge in [0, 0.05) is 12.1 Å². The molecule has 0 bridgehead atoms. The van der Waals surface area contributed by atoms with Crippen LogP contribution in [0, 0.1) is 11.3 Å². The minimum Gasteiger partial charge on any atom is -0.330 e. The highest BCUT2D eigenvalue weighted by Gasteiger charge is 2.25. The summed E-state index contributed by atoms with van der Waals surface area (Å²) in [4.78, 5) is 0. The minimum atomic E-state index is -0.758. The van der Waals surface area contributed by atoms with Crippen LogP contribution in [0.15, 0.2) is 0 Å². The third-order valence-corrected chi connectivity index (χ3v) is 4.87. The summed E-state index contributed by atoms with van der Waals surface area (Å²) in [5, 5.41) is 8.52. The lowest BCUT2D eigenvalue weighted by molar-refractivity contribution is 0.256. The van der Waals surface area contributed by atoms with Gasteiger partial charge in [0.25, 0.3) is 0 Å². The Morgan fingerprint density at radius 3 is 1.88 bits per heavy atom. The Morgan fingerprint density at radius 1 is 1.12 bits per heavy atom. The number of nitrogens with zero attached hydrogens (tertiary/aromatic N) is 3. The van der Waals surface area contributed by atoms with Gasteiger partial charge in [-0.05, 0) is 41.8 Å². The van der Waals surface area contributed by atoms with E-state index in [1.165, 1.54) is 0 Å². The summed E-state index contributed by atoms with van der Waals surface area (Å²) >= 11 is 0. The highest BCUT2D eigenvalue weighted by atomic mass is 31.2. The molecular weight excluding hydrogens is 221 g/mol. The summed E-state index contributed by atoms with van der Waals surface area (Å²) in [7, 11) is 3.38. The van der Waals surface area contributed by atoms with Gasteiger partial charge in [-0.2, -0.15) is 5.26 Å². The van der Waals surface area contributed by atoms with Crippen LogP contribution in [0.5, 0.6) is 0 Å². The average molecular weight is 245 g/mol. The maximum absolute atomic E-state index is 8.52. The summed E-state index contributed by atoms with van der Waals surface area (Å²) in [6, 6.07) is 2.99. The van der Waals surface area contributed by atoms with Gasteiger partial charge in [0.1, 0.15) is 0 Å². The van der Waals surface area contributed by atoms with Gasteiger partial charge in [0.05, 0.1) is 19.1 Å². The van der Waals surface area contributed by atoms with E-state index in [-0.39, 0.29) is 0 Å². The molecule has 94 valence electrons. The van der Waals surface area contributed by atoms with E-state index in [9.17, 15) is 0 Å². The molecule has 0 aromatic heterocycles. The van der Waals surface area contributed by atoms with E-state index in [1.807, 2.05) is 0 Å². The fraction of sp³-hybridized carbons (Fsp3) is 0.909. The standard InChI is InChI=1S/C11H24N3OP/c1-10(2)13(5)16(14(6)11(3)4)15-9-7-8-12/h10-11H,7,9H2,1-6H3. The van der Waals surface area contributed by atoms with Crippen LogP contribution in [-0.4, -0.2) is 42.1 Å². The van der Waals surface area contributed by atoms with E-state index in [4.69, 9.17) is 9.79 Å². The molecule has 16 heavy (non-hydrogen) atoms. The maximum Gasteiger partial charge on any atom is 0.187 e. The molecular formula is C11H24N3OP. The van der Waals surface area contributed by atoms with Crippen molar-refractivity contribution in [3.05, 3.63) is 0 Å². The number of rotatable bonds is 7. The Kier molecular flexibility index (Phi) is 7.87. The fourth-order valence-corrected chi connectivity index (χ4v) is 2.83. The molecule has 0 aromatic rings. The van der Waals surface area contributed by atoms with Crippen molar-refractivity contribution >= 4 is 8.45 Å². The Bertz CT molecular complexity index is 214. The molecule has 0 rings (SSSR count). The molecule has 4 nitrogen and oxygen atoms in total. The molecule has 0 saturated heterocycles. The third kappa shape index (κ3) is 5.23. The van der Waals surface area contributed by atoms with Crippen molar-refractivity contribution in [3.8, 4) is 6.07 Å². The van der Waals surface area contributed by atoms with Gasteiger partial charge in [0.15, 0.2) is 8.45 Å². The lowest BCUT2D eigenvalue weighted by Gasteiger charge is -2.37. The highest BCUT2D eigenvalue weighted by molar-refractivity contribution is 7.47. The normalized spacial score (nSPS) is 12.1. The van der Waals surface area contributed by atoms with Gasteiger partial charge in [-0.1, -0.05) is 0 Å². The van der Waals surface area contributed by atoms with Gasteiger partial charge in [-0.25, -0.2) is 9.34 Å². The Morgan fingerprint density at radius 2 is 1.56 bits per heavy atom. The largest absolute Gasteiger partial charge is 0.330 e. The van der Waals surface area contributed by atoms with Crippen LogP contribution in [-0.2, 0) is 4.52 Å². The van der Waals surface area contributed by atoms with E-state index >= 15 is 0 Å². The smallest absolute Gasteiger partial charge is 0.187 e. The lowest BCUT2D eigenvalue weighted by Crippen LogP contribution is -2.33. The zero-order chi connectivity index (χ0) is 12.7. The van der Waals surface area contributed by atoms with Gasteiger partial charge >= 0.3 is 0 Å². The monoisotopic (exact) mass is 245 g/mol. The molecule has 5 heteroatoms. The molecule has 0 N–H and O–H groups in total. The average Bonchev–Trinajstić information content (AvgIpc) is 2.22. The van der Waals surface area contributed by atoms with Crippen LogP contribution in [0.2, 0.25) is 0 Å². The molecule has 0 heterocycles. The lowest BCUT2D eigenvalue weighted by atomic mass is 10.4.